The summed E-state index contributed by atoms with van der Waals surface area (Å²) in [6, 6.07) is 12.9. The van der Waals surface area contributed by atoms with Crippen LogP contribution in [0.3, 0.4) is 0 Å². The summed E-state index contributed by atoms with van der Waals surface area (Å²) in [5.41, 5.74) is 3.78. The van der Waals surface area contributed by atoms with Gasteiger partial charge in [0.05, 0.1) is 0 Å². The number of aryl methyl sites for hydroxylation is 1. The number of benzene rings is 2. The first kappa shape index (κ1) is 17.9. The van der Waals surface area contributed by atoms with Crippen molar-refractivity contribution < 1.29 is 9.59 Å². The normalized spacial score (nSPS) is 15.8. The Morgan fingerprint density at radius 1 is 1.15 bits per heavy atom. The highest BCUT2D eigenvalue weighted by Gasteiger charge is 2.35. The highest BCUT2D eigenvalue weighted by molar-refractivity contribution is 6.30. The predicted octanol–water partition coefficient (Wildman–Crippen LogP) is 4.35. The molecule has 1 heterocycles. The lowest BCUT2D eigenvalue weighted by atomic mass is 10.0. The van der Waals surface area contributed by atoms with E-state index in [1.807, 2.05) is 41.3 Å². The topological polar surface area (TPSA) is 61.4 Å². The van der Waals surface area contributed by atoms with Gasteiger partial charge in [-0.1, -0.05) is 23.7 Å². The molecule has 5 nitrogen and oxygen atoms in total. The van der Waals surface area contributed by atoms with E-state index in [-0.39, 0.29) is 17.9 Å². The lowest BCUT2D eigenvalue weighted by Gasteiger charge is -2.30. The molecule has 0 spiro atoms. The minimum atomic E-state index is -0.267. The molecule has 0 radical (unpaired) electrons. The molecule has 1 aliphatic carbocycles. The van der Waals surface area contributed by atoms with Gasteiger partial charge in [-0.15, -0.1) is 0 Å². The number of hydrogen-bond acceptors (Lipinski definition) is 2. The van der Waals surface area contributed by atoms with Gasteiger partial charge in [-0.05, 0) is 67.1 Å². The van der Waals surface area contributed by atoms with Crippen molar-refractivity contribution in [2.75, 3.05) is 16.8 Å². The molecule has 1 aliphatic heterocycles. The van der Waals surface area contributed by atoms with Crippen molar-refractivity contribution in [3.63, 3.8) is 0 Å². The third kappa shape index (κ3) is 4.25. The Hall–Kier alpha value is -2.53. The van der Waals surface area contributed by atoms with Crippen LogP contribution in [-0.2, 0) is 17.8 Å². The molecule has 2 N–H and O–H groups in total. The largest absolute Gasteiger partial charge is 0.334 e. The van der Waals surface area contributed by atoms with Crippen molar-refractivity contribution in [2.24, 2.45) is 5.92 Å². The van der Waals surface area contributed by atoms with Crippen LogP contribution in [0.4, 0.5) is 16.2 Å². The number of urea groups is 1. The molecule has 2 aromatic carbocycles. The zero-order valence-corrected chi connectivity index (χ0v) is 15.8. The van der Waals surface area contributed by atoms with E-state index in [1.54, 1.807) is 6.07 Å². The van der Waals surface area contributed by atoms with Crippen LogP contribution in [0.5, 0.6) is 0 Å². The maximum Gasteiger partial charge on any atom is 0.319 e. The fraction of sp³-hybridized carbons (Fsp3) is 0.333. The van der Waals surface area contributed by atoms with Crippen molar-refractivity contribution in [2.45, 2.75) is 32.2 Å². The lowest BCUT2D eigenvalue weighted by Crippen LogP contribution is -2.36. The van der Waals surface area contributed by atoms with Gasteiger partial charge in [-0.2, -0.15) is 0 Å². The van der Waals surface area contributed by atoms with Crippen LogP contribution in [0.15, 0.2) is 42.5 Å². The first-order valence-corrected chi connectivity index (χ1v) is 9.71. The summed E-state index contributed by atoms with van der Waals surface area (Å²) in [6.07, 6.45) is 3.90. The molecule has 140 valence electrons. The standard InChI is InChI=1S/C21H22ClN3O2/c22-17-5-1-3-14(11-17)13-23-21(27)24-18-8-9-19-16(12-18)4-2-10-25(19)20(26)15-6-7-15/h1,3,5,8-9,11-12,15H,2,4,6-7,10,13H2,(H2,23,24,27). The van der Waals surface area contributed by atoms with E-state index in [9.17, 15) is 9.59 Å². The summed E-state index contributed by atoms with van der Waals surface area (Å²) < 4.78 is 0. The van der Waals surface area contributed by atoms with Gasteiger partial charge in [0.15, 0.2) is 0 Å². The molecule has 0 bridgehead atoms. The molecule has 6 heteroatoms. The third-order valence-electron chi connectivity index (χ3n) is 4.99. The van der Waals surface area contributed by atoms with Gasteiger partial charge >= 0.3 is 6.03 Å². The summed E-state index contributed by atoms with van der Waals surface area (Å²) >= 11 is 5.96. The van der Waals surface area contributed by atoms with Crippen molar-refractivity contribution in [1.82, 2.24) is 5.32 Å². The van der Waals surface area contributed by atoms with Crippen LogP contribution in [0, 0.1) is 5.92 Å². The molecule has 1 fully saturated rings. The molecule has 0 unspecified atom stereocenters. The second-order valence-corrected chi connectivity index (χ2v) is 7.59. The van der Waals surface area contributed by atoms with Gasteiger partial charge in [0.2, 0.25) is 5.91 Å². The summed E-state index contributed by atoms with van der Waals surface area (Å²) in [5.74, 6) is 0.460. The summed E-state index contributed by atoms with van der Waals surface area (Å²) in [4.78, 5) is 26.6. The Kier molecular flexibility index (Phi) is 5.03. The maximum atomic E-state index is 12.5. The summed E-state index contributed by atoms with van der Waals surface area (Å²) in [5, 5.41) is 6.35. The van der Waals surface area contributed by atoms with Crippen LogP contribution in [0.25, 0.3) is 0 Å². The average Bonchev–Trinajstić information content (AvgIpc) is 3.50. The fourth-order valence-corrected chi connectivity index (χ4v) is 3.67. The van der Waals surface area contributed by atoms with Gasteiger partial charge in [0.25, 0.3) is 0 Å². The number of hydrogen-bond donors (Lipinski definition) is 2. The Labute approximate surface area is 163 Å². The minimum absolute atomic E-state index is 0.214. The first-order valence-electron chi connectivity index (χ1n) is 9.34. The number of anilines is 2. The van der Waals surface area contributed by atoms with Crippen LogP contribution >= 0.6 is 11.6 Å². The van der Waals surface area contributed by atoms with Gasteiger partial charge < -0.3 is 15.5 Å². The zero-order chi connectivity index (χ0) is 18.8. The Bertz CT molecular complexity index is 879. The van der Waals surface area contributed by atoms with Crippen molar-refractivity contribution in [1.29, 1.82) is 0 Å². The SMILES string of the molecule is O=C(NCc1cccc(Cl)c1)Nc1ccc2c(c1)CCCN2C(=O)C1CC1. The Balaban J connectivity index is 1.39. The van der Waals surface area contributed by atoms with Crippen LogP contribution in [0.2, 0.25) is 5.02 Å². The molecule has 2 aromatic rings. The number of carbonyl (C=O) groups excluding carboxylic acids is 2. The second-order valence-electron chi connectivity index (χ2n) is 7.15. The summed E-state index contributed by atoms with van der Waals surface area (Å²) in [7, 11) is 0. The van der Waals surface area contributed by atoms with Gasteiger partial charge in [0.1, 0.15) is 0 Å². The molecule has 1 saturated carbocycles. The first-order chi connectivity index (χ1) is 13.1. The Morgan fingerprint density at radius 3 is 2.78 bits per heavy atom. The van der Waals surface area contributed by atoms with Gasteiger partial charge in [0, 0.05) is 35.4 Å². The van der Waals surface area contributed by atoms with Crippen LogP contribution in [0.1, 0.15) is 30.4 Å². The van der Waals surface area contributed by atoms with Gasteiger partial charge in [-0.3, -0.25) is 4.79 Å². The number of nitrogens with zero attached hydrogens (tertiary/aromatic N) is 1. The number of nitrogens with one attached hydrogen (secondary N) is 2. The highest BCUT2D eigenvalue weighted by Crippen LogP contribution is 2.36. The fourth-order valence-electron chi connectivity index (χ4n) is 3.46. The number of halogens is 1. The maximum absolute atomic E-state index is 12.5. The van der Waals surface area contributed by atoms with E-state index < -0.39 is 0 Å². The Morgan fingerprint density at radius 2 is 2.00 bits per heavy atom. The molecule has 0 atom stereocenters. The number of fused-ring (bicyclic) bond motifs is 1. The van der Waals surface area contributed by atoms with E-state index in [0.717, 1.165) is 54.7 Å². The second kappa shape index (κ2) is 7.61. The smallest absolute Gasteiger partial charge is 0.319 e. The lowest BCUT2D eigenvalue weighted by molar-refractivity contribution is -0.119. The molecule has 4 rings (SSSR count). The zero-order valence-electron chi connectivity index (χ0n) is 15.0. The van der Waals surface area contributed by atoms with Crippen molar-refractivity contribution in [3.8, 4) is 0 Å². The number of amides is 3. The molecule has 2 aliphatic rings. The van der Waals surface area contributed by atoms with E-state index >= 15 is 0 Å². The quantitative estimate of drug-likeness (QED) is 0.824. The average molecular weight is 384 g/mol. The molecule has 0 aromatic heterocycles. The van der Waals surface area contributed by atoms with E-state index in [1.165, 1.54) is 0 Å². The summed E-state index contributed by atoms with van der Waals surface area (Å²) in [6.45, 7) is 1.19. The number of rotatable bonds is 4. The molecule has 27 heavy (non-hydrogen) atoms. The molecule has 0 saturated heterocycles. The van der Waals surface area contributed by atoms with Gasteiger partial charge in [-0.25, -0.2) is 4.79 Å². The monoisotopic (exact) mass is 383 g/mol. The van der Waals surface area contributed by atoms with Crippen molar-refractivity contribution in [3.05, 3.63) is 58.6 Å². The van der Waals surface area contributed by atoms with E-state index in [0.29, 0.717) is 11.6 Å². The van der Waals surface area contributed by atoms with E-state index in [4.69, 9.17) is 11.6 Å². The van der Waals surface area contributed by atoms with Crippen LogP contribution in [-0.4, -0.2) is 18.5 Å². The third-order valence-corrected chi connectivity index (χ3v) is 5.23. The van der Waals surface area contributed by atoms with Crippen LogP contribution < -0.4 is 15.5 Å². The molecule has 3 amide bonds. The molecular weight excluding hydrogens is 362 g/mol. The predicted molar refractivity (Wildman–Crippen MR) is 107 cm³/mol. The highest BCUT2D eigenvalue weighted by atomic mass is 35.5. The minimum Gasteiger partial charge on any atom is -0.334 e. The van der Waals surface area contributed by atoms with Crippen molar-refractivity contribution >= 4 is 34.9 Å². The number of carbonyl (C=O) groups is 2. The van der Waals surface area contributed by atoms with E-state index in [2.05, 4.69) is 10.6 Å². The molecular formula is C21H22ClN3O2.